The first-order chi connectivity index (χ1) is 12.0. The number of aryl methyl sites for hydroxylation is 1. The number of carbonyl (C=O) groups is 1. The number of anilines is 1. The number of hydrogen-bond acceptors (Lipinski definition) is 4. The van der Waals surface area contributed by atoms with Gasteiger partial charge in [0.2, 0.25) is 5.91 Å². The van der Waals surface area contributed by atoms with E-state index in [-0.39, 0.29) is 18.0 Å². The number of pyridine rings is 1. The molecular formula is C18H15ClN4O2. The molecule has 3 aromatic rings. The van der Waals surface area contributed by atoms with E-state index in [1.54, 1.807) is 36.7 Å². The van der Waals surface area contributed by atoms with E-state index in [1.807, 2.05) is 19.1 Å². The fourth-order valence-electron chi connectivity index (χ4n) is 2.24. The van der Waals surface area contributed by atoms with Gasteiger partial charge in [-0.25, -0.2) is 4.68 Å². The lowest BCUT2D eigenvalue weighted by atomic mass is 10.2. The van der Waals surface area contributed by atoms with Crippen molar-refractivity contribution in [1.82, 2.24) is 14.8 Å². The van der Waals surface area contributed by atoms with E-state index < -0.39 is 0 Å². The lowest BCUT2D eigenvalue weighted by Gasteiger charge is -2.09. The summed E-state index contributed by atoms with van der Waals surface area (Å²) in [6.07, 6.45) is 3.30. The van der Waals surface area contributed by atoms with Crippen LogP contribution in [0.1, 0.15) is 5.56 Å². The van der Waals surface area contributed by atoms with Crippen LogP contribution in [0, 0.1) is 6.92 Å². The number of nitrogens with one attached hydrogen (secondary N) is 1. The number of amides is 1. The Balaban J connectivity index is 1.79. The second-order valence-corrected chi connectivity index (χ2v) is 5.88. The van der Waals surface area contributed by atoms with E-state index in [2.05, 4.69) is 15.4 Å². The van der Waals surface area contributed by atoms with Gasteiger partial charge in [0, 0.05) is 34.7 Å². The summed E-state index contributed by atoms with van der Waals surface area (Å²) in [6, 6.07) is 11.8. The third-order valence-electron chi connectivity index (χ3n) is 3.57. The van der Waals surface area contributed by atoms with E-state index in [9.17, 15) is 9.59 Å². The fraction of sp³-hybridized carbons (Fsp3) is 0.111. The number of halogens is 1. The first kappa shape index (κ1) is 16.9. The van der Waals surface area contributed by atoms with Crippen molar-refractivity contribution in [1.29, 1.82) is 0 Å². The van der Waals surface area contributed by atoms with Gasteiger partial charge >= 0.3 is 0 Å². The van der Waals surface area contributed by atoms with Crippen LogP contribution in [0.25, 0.3) is 11.3 Å². The van der Waals surface area contributed by atoms with Crippen LogP contribution < -0.4 is 10.9 Å². The molecule has 7 heteroatoms. The molecule has 0 fully saturated rings. The molecule has 0 saturated heterocycles. The van der Waals surface area contributed by atoms with Gasteiger partial charge in [0.05, 0.1) is 5.69 Å². The summed E-state index contributed by atoms with van der Waals surface area (Å²) in [6.45, 7) is 1.68. The zero-order valence-corrected chi connectivity index (χ0v) is 14.2. The Kier molecular flexibility index (Phi) is 4.90. The van der Waals surface area contributed by atoms with Crippen LogP contribution >= 0.6 is 11.6 Å². The highest BCUT2D eigenvalue weighted by atomic mass is 35.5. The van der Waals surface area contributed by atoms with Gasteiger partial charge < -0.3 is 5.32 Å². The van der Waals surface area contributed by atoms with Crippen molar-refractivity contribution in [2.24, 2.45) is 0 Å². The Bertz CT molecular complexity index is 970. The van der Waals surface area contributed by atoms with E-state index in [0.29, 0.717) is 16.4 Å². The highest BCUT2D eigenvalue weighted by molar-refractivity contribution is 6.31. The van der Waals surface area contributed by atoms with Crippen molar-refractivity contribution < 1.29 is 4.79 Å². The molecule has 1 amide bonds. The quantitative estimate of drug-likeness (QED) is 0.781. The molecular weight excluding hydrogens is 340 g/mol. The standard InChI is InChI=1S/C18H15ClN4O2/c1-12-4-5-14(9-15(12)19)21-17(24)11-23-18(25)7-6-16(22-23)13-3-2-8-20-10-13/h2-10H,11H2,1H3,(H,21,24). The lowest BCUT2D eigenvalue weighted by molar-refractivity contribution is -0.117. The van der Waals surface area contributed by atoms with Crippen LogP contribution in [0.3, 0.4) is 0 Å². The molecule has 1 aromatic carbocycles. The molecule has 0 aliphatic rings. The summed E-state index contributed by atoms with van der Waals surface area (Å²) >= 11 is 6.05. The molecule has 3 rings (SSSR count). The summed E-state index contributed by atoms with van der Waals surface area (Å²) in [5.41, 5.74) is 2.46. The molecule has 25 heavy (non-hydrogen) atoms. The maximum absolute atomic E-state index is 12.2. The summed E-state index contributed by atoms with van der Waals surface area (Å²) in [5.74, 6) is -0.363. The average Bonchev–Trinajstić information content (AvgIpc) is 2.61. The highest BCUT2D eigenvalue weighted by Gasteiger charge is 2.09. The topological polar surface area (TPSA) is 76.9 Å². The van der Waals surface area contributed by atoms with Gasteiger partial charge in [0.15, 0.2) is 0 Å². The third-order valence-corrected chi connectivity index (χ3v) is 3.98. The average molecular weight is 355 g/mol. The molecule has 0 aliphatic carbocycles. The van der Waals surface area contributed by atoms with Crippen molar-refractivity contribution in [3.63, 3.8) is 0 Å². The maximum Gasteiger partial charge on any atom is 0.267 e. The van der Waals surface area contributed by atoms with Gasteiger partial charge in [-0.05, 0) is 42.8 Å². The zero-order chi connectivity index (χ0) is 17.8. The van der Waals surface area contributed by atoms with Crippen molar-refractivity contribution >= 4 is 23.2 Å². The largest absolute Gasteiger partial charge is 0.324 e. The molecule has 2 aromatic heterocycles. The van der Waals surface area contributed by atoms with E-state index in [4.69, 9.17) is 11.6 Å². The Hall–Kier alpha value is -2.99. The molecule has 1 N–H and O–H groups in total. The molecule has 6 nitrogen and oxygen atoms in total. The minimum Gasteiger partial charge on any atom is -0.324 e. The third kappa shape index (κ3) is 4.10. The second kappa shape index (κ2) is 7.27. The van der Waals surface area contributed by atoms with Crippen LogP contribution in [0.5, 0.6) is 0 Å². The number of benzene rings is 1. The maximum atomic E-state index is 12.2. The van der Waals surface area contributed by atoms with Gasteiger partial charge in [-0.15, -0.1) is 0 Å². The summed E-state index contributed by atoms with van der Waals surface area (Å²) in [7, 11) is 0. The molecule has 126 valence electrons. The fourth-order valence-corrected chi connectivity index (χ4v) is 2.42. The molecule has 0 radical (unpaired) electrons. The smallest absolute Gasteiger partial charge is 0.267 e. The molecule has 2 heterocycles. The SMILES string of the molecule is Cc1ccc(NC(=O)Cn2nc(-c3cccnc3)ccc2=O)cc1Cl. The Morgan fingerprint density at radius 3 is 2.80 bits per heavy atom. The molecule has 0 saturated carbocycles. The Morgan fingerprint density at radius 2 is 2.08 bits per heavy atom. The van der Waals surface area contributed by atoms with Gasteiger partial charge in [0.1, 0.15) is 6.54 Å². The summed E-state index contributed by atoms with van der Waals surface area (Å²) < 4.78 is 1.12. The van der Waals surface area contributed by atoms with Crippen molar-refractivity contribution in [2.75, 3.05) is 5.32 Å². The van der Waals surface area contributed by atoms with Crippen LogP contribution in [0.15, 0.2) is 59.7 Å². The zero-order valence-electron chi connectivity index (χ0n) is 13.4. The van der Waals surface area contributed by atoms with Gasteiger partial charge in [-0.2, -0.15) is 5.10 Å². The van der Waals surface area contributed by atoms with Crippen molar-refractivity contribution in [3.05, 3.63) is 75.8 Å². The first-order valence-electron chi connectivity index (χ1n) is 7.57. The Morgan fingerprint density at radius 1 is 1.24 bits per heavy atom. The number of nitrogens with zero attached hydrogens (tertiary/aromatic N) is 3. The first-order valence-corrected chi connectivity index (χ1v) is 7.95. The van der Waals surface area contributed by atoms with Crippen molar-refractivity contribution in [2.45, 2.75) is 13.5 Å². The lowest BCUT2D eigenvalue weighted by Crippen LogP contribution is -2.29. The Labute approximate surface area is 149 Å². The summed E-state index contributed by atoms with van der Waals surface area (Å²) in [4.78, 5) is 28.2. The molecule has 0 bridgehead atoms. The predicted octanol–water partition coefficient (Wildman–Crippen LogP) is 2.91. The molecule has 0 aliphatic heterocycles. The minimum atomic E-state index is -0.363. The van der Waals surface area contributed by atoms with E-state index >= 15 is 0 Å². The normalized spacial score (nSPS) is 10.5. The highest BCUT2D eigenvalue weighted by Crippen LogP contribution is 2.20. The molecule has 0 atom stereocenters. The summed E-state index contributed by atoms with van der Waals surface area (Å²) in [5, 5.41) is 7.50. The number of rotatable bonds is 4. The van der Waals surface area contributed by atoms with Crippen LogP contribution in [-0.4, -0.2) is 20.7 Å². The number of hydrogen-bond donors (Lipinski definition) is 1. The van der Waals surface area contributed by atoms with Gasteiger partial charge in [-0.3, -0.25) is 14.6 Å². The predicted molar refractivity (Wildman–Crippen MR) is 96.5 cm³/mol. The van der Waals surface area contributed by atoms with E-state index in [0.717, 1.165) is 15.8 Å². The van der Waals surface area contributed by atoms with Gasteiger partial charge in [0.25, 0.3) is 5.56 Å². The number of carbonyl (C=O) groups excluding carboxylic acids is 1. The second-order valence-electron chi connectivity index (χ2n) is 5.47. The van der Waals surface area contributed by atoms with Gasteiger partial charge in [-0.1, -0.05) is 17.7 Å². The minimum absolute atomic E-state index is 0.196. The van der Waals surface area contributed by atoms with Crippen molar-refractivity contribution in [3.8, 4) is 11.3 Å². The number of aromatic nitrogens is 3. The van der Waals surface area contributed by atoms with Crippen LogP contribution in [-0.2, 0) is 11.3 Å². The van der Waals surface area contributed by atoms with Crippen LogP contribution in [0.2, 0.25) is 5.02 Å². The molecule has 0 spiro atoms. The van der Waals surface area contributed by atoms with Crippen LogP contribution in [0.4, 0.5) is 5.69 Å². The van der Waals surface area contributed by atoms with E-state index in [1.165, 1.54) is 6.07 Å². The monoisotopic (exact) mass is 354 g/mol. The molecule has 0 unspecified atom stereocenters.